The summed E-state index contributed by atoms with van der Waals surface area (Å²) in [6.45, 7) is 2.16. The minimum absolute atomic E-state index is 0.0703. The number of furan rings is 1. The van der Waals surface area contributed by atoms with Gasteiger partial charge in [-0.25, -0.2) is 0 Å². The number of carbonyl (C=O) groups is 1. The van der Waals surface area contributed by atoms with Crippen molar-refractivity contribution in [2.75, 3.05) is 6.54 Å². The van der Waals surface area contributed by atoms with Crippen LogP contribution >= 0.6 is 0 Å². The predicted octanol–water partition coefficient (Wildman–Crippen LogP) is 4.43. The zero-order valence-corrected chi connectivity index (χ0v) is 16.3. The molecule has 7 heteroatoms. The van der Waals surface area contributed by atoms with Crippen LogP contribution in [0.1, 0.15) is 16.9 Å². The first kappa shape index (κ1) is 20.6. The number of aryl methyl sites for hydroxylation is 1. The number of benzene rings is 2. The van der Waals surface area contributed by atoms with Crippen LogP contribution in [-0.2, 0) is 11.2 Å². The van der Waals surface area contributed by atoms with Crippen molar-refractivity contribution in [2.24, 2.45) is 0 Å². The van der Waals surface area contributed by atoms with Crippen molar-refractivity contribution in [1.29, 1.82) is 5.26 Å². The lowest BCUT2D eigenvalue weighted by Gasteiger charge is -2.04. The predicted molar refractivity (Wildman–Crippen MR) is 112 cm³/mol. The van der Waals surface area contributed by atoms with Crippen LogP contribution in [0, 0.1) is 28.4 Å². The summed E-state index contributed by atoms with van der Waals surface area (Å²) < 4.78 is 5.64. The van der Waals surface area contributed by atoms with Crippen LogP contribution in [-0.4, -0.2) is 17.4 Å². The Kier molecular flexibility index (Phi) is 6.40. The topological polar surface area (TPSA) is 109 Å². The largest absolute Gasteiger partial charge is 0.456 e. The molecule has 1 N–H and O–H groups in total. The maximum atomic E-state index is 12.3. The molecule has 0 aliphatic heterocycles. The molecular formula is C23H19N3O4. The van der Waals surface area contributed by atoms with Crippen LogP contribution in [0.3, 0.4) is 0 Å². The smallest absolute Gasteiger partial charge is 0.280 e. The van der Waals surface area contributed by atoms with Gasteiger partial charge in [-0.05, 0) is 42.7 Å². The fourth-order valence-corrected chi connectivity index (χ4v) is 2.93. The van der Waals surface area contributed by atoms with Gasteiger partial charge in [0.05, 0.1) is 10.5 Å². The minimum atomic E-state index is -0.507. The standard InChI is InChI=1S/C23H19N3O4/c1-16-7-9-20(21(13-16)26(28)29)22-10-8-19(30-22)14-18(15-24)23(27)25-12-11-17-5-3-2-4-6-17/h2-10,13-14H,11-12H2,1H3,(H,25,27). The zero-order chi connectivity index (χ0) is 21.5. The van der Waals surface area contributed by atoms with Crippen molar-refractivity contribution >= 4 is 17.7 Å². The Morgan fingerprint density at radius 1 is 1.20 bits per heavy atom. The fourth-order valence-electron chi connectivity index (χ4n) is 2.93. The van der Waals surface area contributed by atoms with Gasteiger partial charge < -0.3 is 9.73 Å². The number of rotatable bonds is 7. The van der Waals surface area contributed by atoms with E-state index in [2.05, 4.69) is 5.32 Å². The second-order valence-corrected chi connectivity index (χ2v) is 6.64. The summed E-state index contributed by atoms with van der Waals surface area (Å²) in [7, 11) is 0. The first-order valence-electron chi connectivity index (χ1n) is 9.27. The van der Waals surface area contributed by atoms with Crippen molar-refractivity contribution in [2.45, 2.75) is 13.3 Å². The number of nitro benzene ring substituents is 1. The van der Waals surface area contributed by atoms with Crippen molar-refractivity contribution in [3.8, 4) is 17.4 Å². The molecule has 30 heavy (non-hydrogen) atoms. The maximum Gasteiger partial charge on any atom is 0.280 e. The summed E-state index contributed by atoms with van der Waals surface area (Å²) in [5, 5.41) is 23.4. The molecule has 0 bridgehead atoms. The van der Waals surface area contributed by atoms with Gasteiger partial charge in [-0.1, -0.05) is 36.4 Å². The maximum absolute atomic E-state index is 12.3. The third-order valence-electron chi connectivity index (χ3n) is 4.44. The number of nitrogens with zero attached hydrogens (tertiary/aromatic N) is 2. The van der Waals surface area contributed by atoms with E-state index in [0.29, 0.717) is 18.5 Å². The molecule has 0 aliphatic rings. The lowest BCUT2D eigenvalue weighted by molar-refractivity contribution is -0.384. The highest BCUT2D eigenvalue weighted by molar-refractivity contribution is 6.01. The van der Waals surface area contributed by atoms with Crippen LogP contribution in [0.5, 0.6) is 0 Å². The molecule has 0 radical (unpaired) electrons. The molecule has 0 spiro atoms. The second kappa shape index (κ2) is 9.34. The summed E-state index contributed by atoms with van der Waals surface area (Å²) in [6, 6.07) is 19.5. The van der Waals surface area contributed by atoms with Crippen molar-refractivity contribution in [3.05, 3.63) is 93.2 Å². The van der Waals surface area contributed by atoms with E-state index >= 15 is 0 Å². The number of nitrogens with one attached hydrogen (secondary N) is 1. The summed E-state index contributed by atoms with van der Waals surface area (Å²) in [5.74, 6) is 0.0389. The number of nitro groups is 1. The van der Waals surface area contributed by atoms with Crippen molar-refractivity contribution < 1.29 is 14.1 Å². The van der Waals surface area contributed by atoms with Gasteiger partial charge in [-0.15, -0.1) is 0 Å². The highest BCUT2D eigenvalue weighted by Crippen LogP contribution is 2.32. The van der Waals surface area contributed by atoms with Gasteiger partial charge in [-0.2, -0.15) is 5.26 Å². The molecule has 0 saturated heterocycles. The van der Waals surface area contributed by atoms with E-state index in [9.17, 15) is 20.2 Å². The van der Waals surface area contributed by atoms with Gasteiger partial charge in [0.25, 0.3) is 11.6 Å². The van der Waals surface area contributed by atoms with E-state index in [4.69, 9.17) is 4.42 Å². The van der Waals surface area contributed by atoms with Gasteiger partial charge >= 0.3 is 0 Å². The fraction of sp³-hybridized carbons (Fsp3) is 0.130. The average molecular weight is 401 g/mol. The van der Waals surface area contributed by atoms with Gasteiger partial charge in [0.15, 0.2) is 0 Å². The molecule has 3 rings (SSSR count). The van der Waals surface area contributed by atoms with E-state index in [0.717, 1.165) is 11.1 Å². The van der Waals surface area contributed by atoms with Crippen LogP contribution in [0.15, 0.2) is 70.7 Å². The van der Waals surface area contributed by atoms with E-state index in [-0.39, 0.29) is 22.8 Å². The Labute approximate surface area is 173 Å². The van der Waals surface area contributed by atoms with Crippen molar-refractivity contribution in [3.63, 3.8) is 0 Å². The Balaban J connectivity index is 1.73. The van der Waals surface area contributed by atoms with Gasteiger partial charge in [0.2, 0.25) is 0 Å². The van der Waals surface area contributed by atoms with Crippen LogP contribution < -0.4 is 5.32 Å². The number of hydrogen-bond acceptors (Lipinski definition) is 5. The molecule has 0 atom stereocenters. The molecule has 0 unspecified atom stereocenters. The van der Waals surface area contributed by atoms with Crippen LogP contribution in [0.2, 0.25) is 0 Å². The molecule has 2 aromatic carbocycles. The SMILES string of the molecule is Cc1ccc(-c2ccc(C=C(C#N)C(=O)NCCc3ccccc3)o2)c([N+](=O)[O-])c1. The van der Waals surface area contributed by atoms with Gasteiger partial charge in [0.1, 0.15) is 23.2 Å². The van der Waals surface area contributed by atoms with E-state index in [1.165, 1.54) is 12.1 Å². The van der Waals surface area contributed by atoms with E-state index < -0.39 is 10.8 Å². The Bertz CT molecular complexity index is 1140. The third kappa shape index (κ3) is 5.00. The van der Waals surface area contributed by atoms with Gasteiger partial charge in [0, 0.05) is 18.7 Å². The quantitative estimate of drug-likeness (QED) is 0.273. The second-order valence-electron chi connectivity index (χ2n) is 6.64. The molecule has 1 heterocycles. The monoisotopic (exact) mass is 401 g/mol. The summed E-state index contributed by atoms with van der Waals surface area (Å²) >= 11 is 0. The molecule has 3 aromatic rings. The molecule has 0 aliphatic carbocycles. The highest BCUT2D eigenvalue weighted by atomic mass is 16.6. The highest BCUT2D eigenvalue weighted by Gasteiger charge is 2.18. The third-order valence-corrected chi connectivity index (χ3v) is 4.44. The van der Waals surface area contributed by atoms with E-state index in [1.807, 2.05) is 36.4 Å². The van der Waals surface area contributed by atoms with Crippen LogP contribution in [0.25, 0.3) is 17.4 Å². The molecule has 1 amide bonds. The molecule has 7 nitrogen and oxygen atoms in total. The lowest BCUT2D eigenvalue weighted by atomic mass is 10.1. The lowest BCUT2D eigenvalue weighted by Crippen LogP contribution is -2.26. The first-order valence-corrected chi connectivity index (χ1v) is 9.27. The first-order chi connectivity index (χ1) is 14.5. The summed E-state index contributed by atoms with van der Waals surface area (Å²) in [6.07, 6.45) is 1.97. The Morgan fingerprint density at radius 2 is 1.97 bits per heavy atom. The molecular weight excluding hydrogens is 382 g/mol. The Morgan fingerprint density at radius 3 is 2.67 bits per heavy atom. The van der Waals surface area contributed by atoms with Gasteiger partial charge in [-0.3, -0.25) is 14.9 Å². The van der Waals surface area contributed by atoms with Crippen LogP contribution in [0.4, 0.5) is 5.69 Å². The Hall–Kier alpha value is -4.18. The van der Waals surface area contributed by atoms with Crippen molar-refractivity contribution in [1.82, 2.24) is 5.32 Å². The summed E-state index contributed by atoms with van der Waals surface area (Å²) in [5.41, 5.74) is 1.99. The number of nitriles is 1. The minimum Gasteiger partial charge on any atom is -0.456 e. The molecule has 150 valence electrons. The zero-order valence-electron chi connectivity index (χ0n) is 16.3. The number of carbonyl (C=O) groups excluding carboxylic acids is 1. The summed E-state index contributed by atoms with van der Waals surface area (Å²) in [4.78, 5) is 23.1. The average Bonchev–Trinajstić information content (AvgIpc) is 3.21. The normalized spacial score (nSPS) is 11.0. The number of hydrogen-bond donors (Lipinski definition) is 1. The molecule has 1 aromatic heterocycles. The molecule has 0 fully saturated rings. The van der Waals surface area contributed by atoms with E-state index in [1.54, 1.807) is 31.2 Å². The molecule has 0 saturated carbocycles. The number of amides is 1.